The van der Waals surface area contributed by atoms with Crippen molar-refractivity contribution in [3.05, 3.63) is 0 Å². The number of aliphatic hydroxyl groups excluding tert-OH is 1. The van der Waals surface area contributed by atoms with Crippen LogP contribution in [0.2, 0.25) is 0 Å². The standard InChI is InChI=1S/C17H30N2O2/c1-13-8-11-18(12-9-13)17(21)19-10-3-2-6-15(19)14-5-4-7-16(14)20/h13-16,20H,2-12H2,1H3. The first-order chi connectivity index (χ1) is 10.2. The predicted molar refractivity (Wildman–Crippen MR) is 83.1 cm³/mol. The average Bonchev–Trinajstić information content (AvgIpc) is 2.93. The van der Waals surface area contributed by atoms with E-state index in [2.05, 4.69) is 16.7 Å². The Hall–Kier alpha value is -0.770. The molecule has 4 nitrogen and oxygen atoms in total. The first kappa shape index (κ1) is 15.1. The van der Waals surface area contributed by atoms with E-state index in [1.54, 1.807) is 0 Å². The molecule has 0 radical (unpaired) electrons. The van der Waals surface area contributed by atoms with E-state index in [0.29, 0.717) is 5.92 Å². The van der Waals surface area contributed by atoms with Crippen molar-refractivity contribution in [3.63, 3.8) is 0 Å². The Morgan fingerprint density at radius 1 is 0.952 bits per heavy atom. The van der Waals surface area contributed by atoms with Crippen LogP contribution < -0.4 is 0 Å². The van der Waals surface area contributed by atoms with Crippen LogP contribution in [0.25, 0.3) is 0 Å². The number of nitrogens with zero attached hydrogens (tertiary/aromatic N) is 2. The summed E-state index contributed by atoms with van der Waals surface area (Å²) in [6.07, 6.45) is 8.61. The molecule has 0 bridgehead atoms. The van der Waals surface area contributed by atoms with Gasteiger partial charge in [0.05, 0.1) is 6.10 Å². The fraction of sp³-hybridized carbons (Fsp3) is 0.941. The van der Waals surface area contributed by atoms with Crippen LogP contribution in [-0.4, -0.2) is 52.7 Å². The minimum absolute atomic E-state index is 0.190. The maximum absolute atomic E-state index is 12.9. The second-order valence-electron chi connectivity index (χ2n) is 7.37. The van der Waals surface area contributed by atoms with Gasteiger partial charge in [0.1, 0.15) is 0 Å². The molecule has 3 atom stereocenters. The third-order valence-corrected chi connectivity index (χ3v) is 5.87. The average molecular weight is 294 g/mol. The van der Waals surface area contributed by atoms with E-state index in [1.165, 1.54) is 6.42 Å². The van der Waals surface area contributed by atoms with Crippen molar-refractivity contribution >= 4 is 6.03 Å². The maximum atomic E-state index is 12.9. The molecule has 2 saturated heterocycles. The van der Waals surface area contributed by atoms with Crippen molar-refractivity contribution in [3.8, 4) is 0 Å². The molecule has 21 heavy (non-hydrogen) atoms. The number of amides is 2. The molecule has 0 aromatic heterocycles. The van der Waals surface area contributed by atoms with E-state index >= 15 is 0 Å². The molecule has 0 aromatic rings. The highest BCUT2D eigenvalue weighted by molar-refractivity contribution is 5.75. The number of urea groups is 1. The van der Waals surface area contributed by atoms with Gasteiger partial charge in [-0.1, -0.05) is 13.3 Å². The Morgan fingerprint density at radius 2 is 1.71 bits per heavy atom. The lowest BCUT2D eigenvalue weighted by molar-refractivity contribution is 0.0391. The summed E-state index contributed by atoms with van der Waals surface area (Å²) in [6, 6.07) is 0.522. The molecule has 3 fully saturated rings. The van der Waals surface area contributed by atoms with Crippen LogP contribution in [0.15, 0.2) is 0 Å². The quantitative estimate of drug-likeness (QED) is 0.808. The van der Waals surface area contributed by atoms with Crippen molar-refractivity contribution in [2.75, 3.05) is 19.6 Å². The summed E-state index contributed by atoms with van der Waals surface area (Å²) in [5.41, 5.74) is 0. The van der Waals surface area contributed by atoms with Crippen LogP contribution in [0.4, 0.5) is 4.79 Å². The topological polar surface area (TPSA) is 43.8 Å². The first-order valence-corrected chi connectivity index (χ1v) is 8.90. The van der Waals surface area contributed by atoms with E-state index in [4.69, 9.17) is 0 Å². The second-order valence-corrected chi connectivity index (χ2v) is 7.37. The lowest BCUT2D eigenvalue weighted by Crippen LogP contribution is -2.55. The lowest BCUT2D eigenvalue weighted by Gasteiger charge is -2.43. The smallest absolute Gasteiger partial charge is 0.320 e. The van der Waals surface area contributed by atoms with E-state index in [1.807, 2.05) is 0 Å². The maximum Gasteiger partial charge on any atom is 0.320 e. The van der Waals surface area contributed by atoms with Crippen LogP contribution >= 0.6 is 0 Å². The second kappa shape index (κ2) is 6.55. The van der Waals surface area contributed by atoms with E-state index in [-0.39, 0.29) is 18.2 Å². The van der Waals surface area contributed by atoms with Gasteiger partial charge in [0.2, 0.25) is 0 Å². The SMILES string of the molecule is CC1CCN(C(=O)N2CCCCC2C2CCCC2O)CC1. The Bertz CT molecular complexity index is 366. The number of carbonyl (C=O) groups is 1. The normalized spacial score (nSPS) is 35.2. The number of aliphatic hydroxyl groups is 1. The van der Waals surface area contributed by atoms with Gasteiger partial charge in [0.15, 0.2) is 0 Å². The first-order valence-electron chi connectivity index (χ1n) is 8.90. The third kappa shape index (κ3) is 3.20. The molecule has 1 saturated carbocycles. The lowest BCUT2D eigenvalue weighted by atomic mass is 9.88. The zero-order valence-electron chi connectivity index (χ0n) is 13.3. The zero-order chi connectivity index (χ0) is 14.8. The highest BCUT2D eigenvalue weighted by Gasteiger charge is 2.40. The van der Waals surface area contributed by atoms with Crippen molar-refractivity contribution in [2.45, 2.75) is 70.4 Å². The number of rotatable bonds is 1. The molecule has 3 unspecified atom stereocenters. The minimum atomic E-state index is -0.190. The molecule has 3 rings (SSSR count). The summed E-state index contributed by atoms with van der Waals surface area (Å²) in [4.78, 5) is 17.1. The van der Waals surface area contributed by atoms with Crippen molar-refractivity contribution in [1.82, 2.24) is 9.80 Å². The Kier molecular flexibility index (Phi) is 4.72. The van der Waals surface area contributed by atoms with Crippen LogP contribution in [0, 0.1) is 11.8 Å². The molecule has 120 valence electrons. The van der Waals surface area contributed by atoms with Crippen molar-refractivity contribution in [2.24, 2.45) is 11.8 Å². The van der Waals surface area contributed by atoms with Gasteiger partial charge in [-0.25, -0.2) is 4.79 Å². The van der Waals surface area contributed by atoms with E-state index in [0.717, 1.165) is 70.5 Å². The molecule has 2 aliphatic heterocycles. The van der Waals surface area contributed by atoms with Crippen LogP contribution in [-0.2, 0) is 0 Å². The summed E-state index contributed by atoms with van der Waals surface area (Å²) in [5.74, 6) is 1.07. The third-order valence-electron chi connectivity index (χ3n) is 5.87. The number of likely N-dealkylation sites (tertiary alicyclic amines) is 2. The molecular formula is C17H30N2O2. The molecular weight excluding hydrogens is 264 g/mol. The highest BCUT2D eigenvalue weighted by atomic mass is 16.3. The number of hydrogen-bond acceptors (Lipinski definition) is 2. The Labute approximate surface area is 128 Å². The van der Waals surface area contributed by atoms with Gasteiger partial charge < -0.3 is 14.9 Å². The van der Waals surface area contributed by atoms with Gasteiger partial charge in [-0.2, -0.15) is 0 Å². The summed E-state index contributed by atoms with van der Waals surface area (Å²) < 4.78 is 0. The summed E-state index contributed by atoms with van der Waals surface area (Å²) in [6.45, 7) is 4.99. The van der Waals surface area contributed by atoms with Gasteiger partial charge in [-0.15, -0.1) is 0 Å². The highest BCUT2D eigenvalue weighted by Crippen LogP contribution is 2.35. The molecule has 2 heterocycles. The van der Waals surface area contributed by atoms with Crippen LogP contribution in [0.3, 0.4) is 0 Å². The Balaban J connectivity index is 1.67. The number of carbonyl (C=O) groups excluding carboxylic acids is 1. The van der Waals surface area contributed by atoms with Gasteiger partial charge in [0, 0.05) is 31.6 Å². The fourth-order valence-electron chi connectivity index (χ4n) is 4.44. The van der Waals surface area contributed by atoms with Gasteiger partial charge in [-0.05, 0) is 50.9 Å². The Morgan fingerprint density at radius 3 is 2.38 bits per heavy atom. The summed E-state index contributed by atoms with van der Waals surface area (Å²) in [5, 5.41) is 10.2. The fourth-order valence-corrected chi connectivity index (χ4v) is 4.44. The van der Waals surface area contributed by atoms with Crippen LogP contribution in [0.1, 0.15) is 58.3 Å². The summed E-state index contributed by atoms with van der Waals surface area (Å²) >= 11 is 0. The molecule has 1 N–H and O–H groups in total. The van der Waals surface area contributed by atoms with Gasteiger partial charge in [0.25, 0.3) is 0 Å². The number of piperidine rings is 2. The van der Waals surface area contributed by atoms with Gasteiger partial charge >= 0.3 is 6.03 Å². The molecule has 3 aliphatic rings. The molecule has 2 amide bonds. The number of hydrogen-bond donors (Lipinski definition) is 1. The van der Waals surface area contributed by atoms with E-state index in [9.17, 15) is 9.90 Å². The van der Waals surface area contributed by atoms with E-state index < -0.39 is 0 Å². The monoisotopic (exact) mass is 294 g/mol. The zero-order valence-corrected chi connectivity index (χ0v) is 13.3. The summed E-state index contributed by atoms with van der Waals surface area (Å²) in [7, 11) is 0. The minimum Gasteiger partial charge on any atom is -0.393 e. The largest absolute Gasteiger partial charge is 0.393 e. The molecule has 1 aliphatic carbocycles. The molecule has 0 aromatic carbocycles. The molecule has 4 heteroatoms. The van der Waals surface area contributed by atoms with Gasteiger partial charge in [-0.3, -0.25) is 0 Å². The van der Waals surface area contributed by atoms with Crippen molar-refractivity contribution in [1.29, 1.82) is 0 Å². The van der Waals surface area contributed by atoms with Crippen LogP contribution in [0.5, 0.6) is 0 Å². The van der Waals surface area contributed by atoms with Crippen molar-refractivity contribution < 1.29 is 9.90 Å². The molecule has 0 spiro atoms. The predicted octanol–water partition coefficient (Wildman–Crippen LogP) is 2.85.